The van der Waals surface area contributed by atoms with Gasteiger partial charge in [0, 0.05) is 13.1 Å². The zero-order chi connectivity index (χ0) is 12.0. The van der Waals surface area contributed by atoms with Gasteiger partial charge in [-0.15, -0.1) is 11.8 Å². The van der Waals surface area contributed by atoms with Gasteiger partial charge in [0.2, 0.25) is 0 Å². The van der Waals surface area contributed by atoms with E-state index in [4.69, 9.17) is 10.00 Å². The maximum atomic E-state index is 11.4. The van der Waals surface area contributed by atoms with Crippen LogP contribution in [0.4, 0.5) is 0 Å². The quantitative estimate of drug-likeness (QED) is 0.410. The van der Waals surface area contributed by atoms with E-state index >= 15 is 0 Å². The van der Waals surface area contributed by atoms with E-state index in [1.54, 1.807) is 0 Å². The molecule has 0 bridgehead atoms. The SMILES string of the molecule is COC(=O)/C(C#N)=C(/SC)N1CCOCC1. The average Bonchev–Trinajstić information content (AvgIpc) is 2.36. The zero-order valence-electron chi connectivity index (χ0n) is 9.36. The van der Waals surface area contributed by atoms with Gasteiger partial charge in [0.25, 0.3) is 0 Å². The molecule has 0 aliphatic carbocycles. The van der Waals surface area contributed by atoms with E-state index in [0.717, 1.165) is 0 Å². The Balaban J connectivity index is 2.95. The second-order valence-electron chi connectivity index (χ2n) is 3.09. The highest BCUT2D eigenvalue weighted by molar-refractivity contribution is 8.02. The number of esters is 1. The maximum Gasteiger partial charge on any atom is 0.351 e. The Hall–Kier alpha value is -1.19. The minimum absolute atomic E-state index is 0.0666. The molecule has 88 valence electrons. The Morgan fingerprint density at radius 3 is 2.56 bits per heavy atom. The predicted molar refractivity (Wildman–Crippen MR) is 60.6 cm³/mol. The number of rotatable bonds is 3. The van der Waals surface area contributed by atoms with Crippen LogP contribution in [-0.4, -0.2) is 50.5 Å². The van der Waals surface area contributed by atoms with Crippen LogP contribution >= 0.6 is 11.8 Å². The van der Waals surface area contributed by atoms with Crippen LogP contribution in [0.2, 0.25) is 0 Å². The van der Waals surface area contributed by atoms with Crippen molar-refractivity contribution in [3.63, 3.8) is 0 Å². The molecule has 0 aromatic rings. The summed E-state index contributed by atoms with van der Waals surface area (Å²) >= 11 is 1.38. The summed E-state index contributed by atoms with van der Waals surface area (Å²) in [5.74, 6) is -0.585. The largest absolute Gasteiger partial charge is 0.465 e. The third-order valence-corrected chi connectivity index (χ3v) is 3.06. The molecule has 1 saturated heterocycles. The molecule has 0 aromatic carbocycles. The number of thioether (sulfide) groups is 1. The molecule has 1 aliphatic rings. The van der Waals surface area contributed by atoms with Crippen LogP contribution in [0.3, 0.4) is 0 Å². The highest BCUT2D eigenvalue weighted by atomic mass is 32.2. The standard InChI is InChI=1S/C10H14N2O3S/c1-14-10(13)8(7-11)9(16-2)12-3-5-15-6-4-12/h3-6H2,1-2H3/b9-8+. The van der Waals surface area contributed by atoms with Crippen molar-refractivity contribution in [2.45, 2.75) is 0 Å². The van der Waals surface area contributed by atoms with Gasteiger partial charge in [0.1, 0.15) is 6.07 Å². The van der Waals surface area contributed by atoms with Crippen LogP contribution < -0.4 is 0 Å². The molecule has 0 radical (unpaired) electrons. The Labute approximate surface area is 99.0 Å². The average molecular weight is 242 g/mol. The molecule has 0 atom stereocenters. The monoisotopic (exact) mass is 242 g/mol. The molecular formula is C10H14N2O3S. The van der Waals surface area contributed by atoms with Crippen molar-refractivity contribution in [1.29, 1.82) is 5.26 Å². The van der Waals surface area contributed by atoms with E-state index < -0.39 is 5.97 Å². The minimum Gasteiger partial charge on any atom is -0.465 e. The lowest BCUT2D eigenvalue weighted by Crippen LogP contribution is -2.35. The molecule has 1 aliphatic heterocycles. The molecular weight excluding hydrogens is 228 g/mol. The van der Waals surface area contributed by atoms with Crippen LogP contribution in [0.15, 0.2) is 10.6 Å². The Bertz CT molecular complexity index is 329. The van der Waals surface area contributed by atoms with Crippen molar-refractivity contribution < 1.29 is 14.3 Å². The maximum absolute atomic E-state index is 11.4. The second kappa shape index (κ2) is 6.40. The summed E-state index contributed by atoms with van der Waals surface area (Å²) in [7, 11) is 1.27. The molecule has 5 nitrogen and oxygen atoms in total. The summed E-state index contributed by atoms with van der Waals surface area (Å²) in [5, 5.41) is 9.64. The molecule has 0 unspecified atom stereocenters. The number of hydrogen-bond donors (Lipinski definition) is 0. The van der Waals surface area contributed by atoms with Gasteiger partial charge in [-0.05, 0) is 6.26 Å². The van der Waals surface area contributed by atoms with Crippen LogP contribution in [0, 0.1) is 11.3 Å². The first-order chi connectivity index (χ1) is 7.74. The van der Waals surface area contributed by atoms with E-state index in [9.17, 15) is 4.79 Å². The molecule has 0 spiro atoms. The molecule has 0 amide bonds. The lowest BCUT2D eigenvalue weighted by molar-refractivity contribution is -0.135. The van der Waals surface area contributed by atoms with Crippen molar-refractivity contribution in [2.24, 2.45) is 0 Å². The van der Waals surface area contributed by atoms with E-state index in [2.05, 4.69) is 4.74 Å². The van der Waals surface area contributed by atoms with Gasteiger partial charge in [-0.25, -0.2) is 4.79 Å². The van der Waals surface area contributed by atoms with Crippen molar-refractivity contribution >= 4 is 17.7 Å². The second-order valence-corrected chi connectivity index (χ2v) is 3.88. The predicted octanol–water partition coefficient (Wildman–Crippen LogP) is 0.590. The molecule has 1 fully saturated rings. The number of hydrogen-bond acceptors (Lipinski definition) is 6. The fraction of sp³-hybridized carbons (Fsp3) is 0.600. The van der Waals surface area contributed by atoms with E-state index in [1.807, 2.05) is 17.2 Å². The number of nitrogens with zero attached hydrogens (tertiary/aromatic N) is 2. The normalized spacial score (nSPS) is 17.4. The highest BCUT2D eigenvalue weighted by Gasteiger charge is 2.22. The Morgan fingerprint density at radius 2 is 2.12 bits per heavy atom. The lowest BCUT2D eigenvalue weighted by atomic mass is 10.3. The summed E-state index contributed by atoms with van der Waals surface area (Å²) in [6.07, 6.45) is 1.84. The number of ether oxygens (including phenoxy) is 2. The van der Waals surface area contributed by atoms with E-state index in [0.29, 0.717) is 31.3 Å². The van der Waals surface area contributed by atoms with Gasteiger partial charge in [-0.2, -0.15) is 5.26 Å². The Morgan fingerprint density at radius 1 is 1.50 bits per heavy atom. The van der Waals surface area contributed by atoms with Crippen molar-refractivity contribution in [1.82, 2.24) is 4.90 Å². The number of carbonyl (C=O) groups is 1. The van der Waals surface area contributed by atoms with E-state index in [1.165, 1.54) is 18.9 Å². The first kappa shape index (κ1) is 12.9. The number of methoxy groups -OCH3 is 1. The summed E-state index contributed by atoms with van der Waals surface area (Å²) < 4.78 is 9.81. The summed E-state index contributed by atoms with van der Waals surface area (Å²) in [5.41, 5.74) is 0.0666. The molecule has 16 heavy (non-hydrogen) atoms. The molecule has 1 rings (SSSR count). The van der Waals surface area contributed by atoms with Gasteiger partial charge in [-0.1, -0.05) is 0 Å². The fourth-order valence-corrected chi connectivity index (χ4v) is 2.21. The van der Waals surface area contributed by atoms with Gasteiger partial charge in [0.15, 0.2) is 5.57 Å². The molecule has 1 heterocycles. The Kier molecular flexibility index (Phi) is 5.15. The van der Waals surface area contributed by atoms with Crippen LogP contribution in [-0.2, 0) is 14.3 Å². The highest BCUT2D eigenvalue weighted by Crippen LogP contribution is 2.23. The number of morpholine rings is 1. The molecule has 0 saturated carbocycles. The fourth-order valence-electron chi connectivity index (χ4n) is 1.44. The van der Waals surface area contributed by atoms with Crippen LogP contribution in [0.5, 0.6) is 0 Å². The number of carbonyl (C=O) groups excluding carboxylic acids is 1. The van der Waals surface area contributed by atoms with Crippen molar-refractivity contribution in [3.05, 3.63) is 10.6 Å². The topological polar surface area (TPSA) is 62.6 Å². The summed E-state index contributed by atoms with van der Waals surface area (Å²) in [6, 6.07) is 1.90. The molecule has 6 heteroatoms. The van der Waals surface area contributed by atoms with Crippen LogP contribution in [0.1, 0.15) is 0 Å². The summed E-state index contributed by atoms with van der Waals surface area (Å²) in [4.78, 5) is 13.4. The zero-order valence-corrected chi connectivity index (χ0v) is 10.2. The van der Waals surface area contributed by atoms with Crippen molar-refractivity contribution in [3.8, 4) is 6.07 Å². The van der Waals surface area contributed by atoms with E-state index in [-0.39, 0.29) is 5.57 Å². The van der Waals surface area contributed by atoms with Crippen LogP contribution in [0.25, 0.3) is 0 Å². The number of nitriles is 1. The third kappa shape index (κ3) is 2.90. The smallest absolute Gasteiger partial charge is 0.351 e. The molecule has 0 aromatic heterocycles. The van der Waals surface area contributed by atoms with Gasteiger partial charge in [0.05, 0.1) is 25.4 Å². The van der Waals surface area contributed by atoms with Crippen molar-refractivity contribution in [2.75, 3.05) is 39.7 Å². The summed E-state index contributed by atoms with van der Waals surface area (Å²) in [6.45, 7) is 2.62. The van der Waals surface area contributed by atoms with Gasteiger partial charge >= 0.3 is 5.97 Å². The van der Waals surface area contributed by atoms with Gasteiger partial charge < -0.3 is 14.4 Å². The third-order valence-electron chi connectivity index (χ3n) is 2.21. The lowest BCUT2D eigenvalue weighted by Gasteiger charge is -2.30. The minimum atomic E-state index is -0.585. The first-order valence-electron chi connectivity index (χ1n) is 4.84. The molecule has 0 N–H and O–H groups in total. The van der Waals surface area contributed by atoms with Gasteiger partial charge in [-0.3, -0.25) is 0 Å². The first-order valence-corrected chi connectivity index (χ1v) is 6.06.